The topological polar surface area (TPSA) is 46.2 Å². The first-order chi connectivity index (χ1) is 9.66. The highest BCUT2D eigenvalue weighted by molar-refractivity contribution is 7.94. The lowest BCUT2D eigenvalue weighted by Gasteiger charge is -2.29. The van der Waals surface area contributed by atoms with E-state index in [1.54, 1.807) is 6.07 Å². The van der Waals surface area contributed by atoms with Gasteiger partial charge in [0.1, 0.15) is 4.21 Å². The fourth-order valence-corrected chi connectivity index (χ4v) is 6.19. The summed E-state index contributed by atoms with van der Waals surface area (Å²) in [6.07, 6.45) is 7.38. The third-order valence-corrected chi connectivity index (χ3v) is 7.74. The normalized spacial score (nSPS) is 25.1. The second kappa shape index (κ2) is 7.57. The maximum absolute atomic E-state index is 12.9. The number of rotatable bonds is 5. The summed E-state index contributed by atoms with van der Waals surface area (Å²) >= 11 is 1.35. The van der Waals surface area contributed by atoms with Crippen molar-refractivity contribution in [2.24, 2.45) is 0 Å². The Morgan fingerprint density at radius 2 is 2.00 bits per heavy atom. The van der Waals surface area contributed by atoms with Gasteiger partial charge in [-0.3, -0.25) is 0 Å². The van der Waals surface area contributed by atoms with Crippen molar-refractivity contribution >= 4 is 21.2 Å². The van der Waals surface area contributed by atoms with Crippen molar-refractivity contribution in [1.29, 1.82) is 0 Å². The molecule has 2 atom stereocenters. The molecule has 0 saturated heterocycles. The van der Waals surface area contributed by atoms with Crippen molar-refractivity contribution in [1.82, 2.24) is 5.32 Å². The maximum Gasteiger partial charge on any atom is 0.192 e. The lowest BCUT2D eigenvalue weighted by atomic mass is 9.96. The second-order valence-corrected chi connectivity index (χ2v) is 8.91. The van der Waals surface area contributed by atoms with E-state index in [2.05, 4.69) is 12.2 Å². The molecule has 3 nitrogen and oxygen atoms in total. The molecule has 1 heterocycles. The molecule has 2 rings (SSSR count). The van der Waals surface area contributed by atoms with E-state index in [0.717, 1.165) is 45.1 Å². The SMILES string of the molecule is CCCNC1CCCCCCC1S(=O)(=O)c1cccs1. The first-order valence-corrected chi connectivity index (χ1v) is 10.1. The van der Waals surface area contributed by atoms with Gasteiger partial charge in [-0.15, -0.1) is 11.3 Å². The van der Waals surface area contributed by atoms with Crippen LogP contribution in [0, 0.1) is 0 Å². The van der Waals surface area contributed by atoms with E-state index in [4.69, 9.17) is 0 Å². The maximum atomic E-state index is 12.9. The number of nitrogens with one attached hydrogen (secondary N) is 1. The molecule has 0 aliphatic heterocycles. The molecule has 5 heteroatoms. The average Bonchev–Trinajstić information content (AvgIpc) is 2.92. The van der Waals surface area contributed by atoms with Gasteiger partial charge < -0.3 is 5.32 Å². The van der Waals surface area contributed by atoms with Crippen LogP contribution in [0.15, 0.2) is 21.7 Å². The fourth-order valence-electron chi connectivity index (χ4n) is 2.96. The van der Waals surface area contributed by atoms with Gasteiger partial charge in [0.15, 0.2) is 9.84 Å². The van der Waals surface area contributed by atoms with Crippen molar-refractivity contribution in [2.75, 3.05) is 6.54 Å². The van der Waals surface area contributed by atoms with Crippen molar-refractivity contribution in [3.8, 4) is 0 Å². The quantitative estimate of drug-likeness (QED) is 0.903. The lowest BCUT2D eigenvalue weighted by Crippen LogP contribution is -2.45. The van der Waals surface area contributed by atoms with Crippen LogP contribution in [0.4, 0.5) is 0 Å². The number of sulfone groups is 1. The Balaban J connectivity index is 2.22. The standard InChI is InChI=1S/C15H25NO2S2/c1-2-11-16-13-8-5-3-4-6-9-14(13)20(17,18)15-10-7-12-19-15/h7,10,12-14,16H,2-6,8-9,11H2,1H3. The van der Waals surface area contributed by atoms with E-state index in [9.17, 15) is 8.42 Å². The van der Waals surface area contributed by atoms with E-state index >= 15 is 0 Å². The second-order valence-electron chi connectivity index (χ2n) is 5.57. The fraction of sp³-hybridized carbons (Fsp3) is 0.733. The molecule has 0 spiro atoms. The summed E-state index contributed by atoms with van der Waals surface area (Å²) in [5.74, 6) is 0. The molecule has 0 amide bonds. The van der Waals surface area contributed by atoms with Crippen molar-refractivity contribution < 1.29 is 8.42 Å². The lowest BCUT2D eigenvalue weighted by molar-refractivity contribution is 0.387. The Kier molecular flexibility index (Phi) is 6.05. The molecule has 0 radical (unpaired) electrons. The molecular weight excluding hydrogens is 290 g/mol. The third-order valence-electron chi connectivity index (χ3n) is 4.03. The number of hydrogen-bond donors (Lipinski definition) is 1. The molecule has 1 fully saturated rings. The van der Waals surface area contributed by atoms with Gasteiger partial charge in [0.25, 0.3) is 0 Å². The van der Waals surface area contributed by atoms with E-state index in [1.807, 2.05) is 11.4 Å². The Morgan fingerprint density at radius 3 is 2.65 bits per heavy atom. The third kappa shape index (κ3) is 3.83. The highest BCUT2D eigenvalue weighted by Gasteiger charge is 2.35. The smallest absolute Gasteiger partial charge is 0.192 e. The Labute approximate surface area is 126 Å². The van der Waals surface area contributed by atoms with Crippen LogP contribution in [-0.4, -0.2) is 26.3 Å². The van der Waals surface area contributed by atoms with Gasteiger partial charge in [-0.25, -0.2) is 8.42 Å². The van der Waals surface area contributed by atoms with Gasteiger partial charge in [0.2, 0.25) is 0 Å². The first kappa shape index (κ1) is 16.0. The van der Waals surface area contributed by atoms with Gasteiger partial charge in [-0.1, -0.05) is 38.7 Å². The molecule has 1 aromatic rings. The van der Waals surface area contributed by atoms with Crippen molar-refractivity contribution in [3.63, 3.8) is 0 Å². The number of thiophene rings is 1. The predicted molar refractivity (Wildman–Crippen MR) is 85.1 cm³/mol. The summed E-state index contributed by atoms with van der Waals surface area (Å²) in [5.41, 5.74) is 0. The summed E-state index contributed by atoms with van der Waals surface area (Å²) < 4.78 is 26.2. The van der Waals surface area contributed by atoms with Crippen LogP contribution in [0.5, 0.6) is 0 Å². The molecule has 114 valence electrons. The predicted octanol–water partition coefficient (Wildman–Crippen LogP) is 3.61. The highest BCUT2D eigenvalue weighted by atomic mass is 32.2. The Bertz CT molecular complexity index is 480. The largest absolute Gasteiger partial charge is 0.313 e. The van der Waals surface area contributed by atoms with Gasteiger partial charge in [-0.05, 0) is 37.3 Å². The van der Waals surface area contributed by atoms with Crippen LogP contribution < -0.4 is 5.32 Å². The summed E-state index contributed by atoms with van der Waals surface area (Å²) in [6, 6.07) is 3.69. The van der Waals surface area contributed by atoms with E-state index in [0.29, 0.717) is 4.21 Å². The monoisotopic (exact) mass is 315 g/mol. The molecule has 0 aromatic carbocycles. The molecule has 1 aromatic heterocycles. The van der Waals surface area contributed by atoms with Crippen LogP contribution in [0.1, 0.15) is 51.9 Å². The van der Waals surface area contributed by atoms with Crippen molar-refractivity contribution in [2.45, 2.75) is 67.4 Å². The highest BCUT2D eigenvalue weighted by Crippen LogP contribution is 2.29. The molecule has 2 unspecified atom stereocenters. The summed E-state index contributed by atoms with van der Waals surface area (Å²) in [7, 11) is -3.18. The van der Waals surface area contributed by atoms with Gasteiger partial charge >= 0.3 is 0 Å². The van der Waals surface area contributed by atoms with E-state index in [1.165, 1.54) is 17.8 Å². The minimum absolute atomic E-state index is 0.113. The molecule has 1 N–H and O–H groups in total. The van der Waals surface area contributed by atoms with Gasteiger partial charge in [-0.2, -0.15) is 0 Å². The average molecular weight is 316 g/mol. The van der Waals surface area contributed by atoms with Crippen LogP contribution in [0.25, 0.3) is 0 Å². The molecule has 0 bridgehead atoms. The zero-order valence-electron chi connectivity index (χ0n) is 12.2. The van der Waals surface area contributed by atoms with Gasteiger partial charge in [0, 0.05) is 6.04 Å². The van der Waals surface area contributed by atoms with Crippen LogP contribution >= 0.6 is 11.3 Å². The van der Waals surface area contributed by atoms with E-state index in [-0.39, 0.29) is 11.3 Å². The van der Waals surface area contributed by atoms with Gasteiger partial charge in [0.05, 0.1) is 5.25 Å². The van der Waals surface area contributed by atoms with Crippen LogP contribution in [0.3, 0.4) is 0 Å². The molecule has 1 aliphatic carbocycles. The summed E-state index contributed by atoms with van der Waals surface area (Å²) in [4.78, 5) is 0. The summed E-state index contributed by atoms with van der Waals surface area (Å²) in [5, 5.41) is 5.08. The van der Waals surface area contributed by atoms with Crippen LogP contribution in [-0.2, 0) is 9.84 Å². The number of hydrogen-bond acceptors (Lipinski definition) is 4. The molecule has 20 heavy (non-hydrogen) atoms. The molecular formula is C15H25NO2S2. The molecule has 1 aliphatic rings. The summed E-state index contributed by atoms with van der Waals surface area (Å²) in [6.45, 7) is 3.03. The zero-order valence-corrected chi connectivity index (χ0v) is 13.8. The zero-order chi connectivity index (χ0) is 14.4. The minimum atomic E-state index is -3.18. The van der Waals surface area contributed by atoms with E-state index < -0.39 is 9.84 Å². The minimum Gasteiger partial charge on any atom is -0.313 e. The van der Waals surface area contributed by atoms with Crippen molar-refractivity contribution in [3.05, 3.63) is 17.5 Å². The Hall–Kier alpha value is -0.390. The Morgan fingerprint density at radius 1 is 1.25 bits per heavy atom. The van der Waals surface area contributed by atoms with Crippen LogP contribution in [0.2, 0.25) is 0 Å². The molecule has 1 saturated carbocycles. The first-order valence-electron chi connectivity index (χ1n) is 7.67.